The normalized spacial score (nSPS) is 16.7. The lowest BCUT2D eigenvalue weighted by Crippen LogP contribution is -2.45. The molecule has 116 valence electrons. The van der Waals surface area contributed by atoms with Crippen LogP contribution in [0.5, 0.6) is 5.75 Å². The number of halogens is 1. The fourth-order valence-electron chi connectivity index (χ4n) is 2.45. The summed E-state index contributed by atoms with van der Waals surface area (Å²) in [6.45, 7) is 5.50. The summed E-state index contributed by atoms with van der Waals surface area (Å²) in [6.07, 6.45) is 2.61. The van der Waals surface area contributed by atoms with Gasteiger partial charge in [0.2, 0.25) is 5.91 Å². The molecule has 1 heterocycles. The summed E-state index contributed by atoms with van der Waals surface area (Å²) in [6, 6.07) is 7.77. The Hall–Kier alpha value is -1.26. The Labute approximate surface area is 131 Å². The second kappa shape index (κ2) is 8.25. The summed E-state index contributed by atoms with van der Waals surface area (Å²) >= 11 is 5.83. The minimum atomic E-state index is 0.152. The molecule has 5 heteroatoms. The molecule has 1 saturated heterocycles. The van der Waals surface area contributed by atoms with Gasteiger partial charge in [0.1, 0.15) is 12.4 Å². The van der Waals surface area contributed by atoms with E-state index in [0.29, 0.717) is 19.1 Å². The molecule has 0 unspecified atom stereocenters. The molecule has 0 bridgehead atoms. The summed E-state index contributed by atoms with van der Waals surface area (Å²) in [7, 11) is 0. The van der Waals surface area contributed by atoms with Crippen LogP contribution in [0.15, 0.2) is 24.3 Å². The van der Waals surface area contributed by atoms with Crippen molar-refractivity contribution in [3.63, 3.8) is 0 Å². The number of rotatable bonds is 6. The molecule has 1 aliphatic rings. The number of hydrogen-bond donors (Lipinski definition) is 1. The fraction of sp³-hybridized carbons (Fsp3) is 0.562. The molecule has 1 amide bonds. The number of carbonyl (C=O) groups excluding carboxylic acids is 1. The monoisotopic (exact) mass is 310 g/mol. The highest BCUT2D eigenvalue weighted by atomic mass is 35.5. The van der Waals surface area contributed by atoms with Crippen LogP contribution in [0.2, 0.25) is 5.02 Å². The molecule has 1 aromatic carbocycles. The quantitative estimate of drug-likeness (QED) is 0.878. The van der Waals surface area contributed by atoms with Crippen LogP contribution in [0.1, 0.15) is 26.2 Å². The molecule has 1 fully saturated rings. The SMILES string of the molecule is CCC(=O)NC1CCN(CCOc2ccc(Cl)cc2)CC1. The van der Waals surface area contributed by atoms with E-state index in [4.69, 9.17) is 16.3 Å². The van der Waals surface area contributed by atoms with Crippen molar-refractivity contribution in [1.82, 2.24) is 10.2 Å². The minimum absolute atomic E-state index is 0.152. The van der Waals surface area contributed by atoms with Crippen LogP contribution in [0.3, 0.4) is 0 Å². The number of benzene rings is 1. The first-order valence-electron chi connectivity index (χ1n) is 7.57. The summed E-state index contributed by atoms with van der Waals surface area (Å²) in [5.74, 6) is 1.00. The van der Waals surface area contributed by atoms with E-state index in [1.807, 2.05) is 31.2 Å². The van der Waals surface area contributed by atoms with Crippen LogP contribution < -0.4 is 10.1 Å². The summed E-state index contributed by atoms with van der Waals surface area (Å²) < 4.78 is 5.70. The van der Waals surface area contributed by atoms with E-state index in [-0.39, 0.29) is 5.91 Å². The standard InChI is InChI=1S/C16H23ClN2O2/c1-2-16(20)18-14-7-9-19(10-8-14)11-12-21-15-5-3-13(17)4-6-15/h3-6,14H,2,7-12H2,1H3,(H,18,20). The molecule has 1 aromatic rings. The zero-order chi connectivity index (χ0) is 15.1. The number of amides is 1. The van der Waals surface area contributed by atoms with E-state index >= 15 is 0 Å². The maximum Gasteiger partial charge on any atom is 0.219 e. The van der Waals surface area contributed by atoms with Gasteiger partial charge in [0.15, 0.2) is 0 Å². The van der Waals surface area contributed by atoms with Crippen LogP contribution in [-0.2, 0) is 4.79 Å². The largest absolute Gasteiger partial charge is 0.492 e. The van der Waals surface area contributed by atoms with Gasteiger partial charge in [-0.25, -0.2) is 0 Å². The lowest BCUT2D eigenvalue weighted by molar-refractivity contribution is -0.121. The third-order valence-corrected chi connectivity index (χ3v) is 4.02. The van der Waals surface area contributed by atoms with E-state index in [2.05, 4.69) is 10.2 Å². The van der Waals surface area contributed by atoms with Crippen LogP contribution in [0, 0.1) is 0 Å². The highest BCUT2D eigenvalue weighted by molar-refractivity contribution is 6.30. The number of ether oxygens (including phenoxy) is 1. The van der Waals surface area contributed by atoms with Crippen LogP contribution in [-0.4, -0.2) is 43.1 Å². The van der Waals surface area contributed by atoms with Gasteiger partial charge in [0, 0.05) is 37.1 Å². The van der Waals surface area contributed by atoms with Gasteiger partial charge < -0.3 is 10.1 Å². The van der Waals surface area contributed by atoms with Gasteiger partial charge in [-0.3, -0.25) is 9.69 Å². The van der Waals surface area contributed by atoms with Gasteiger partial charge in [-0.05, 0) is 37.1 Å². The van der Waals surface area contributed by atoms with Crippen molar-refractivity contribution in [1.29, 1.82) is 0 Å². The maximum absolute atomic E-state index is 11.4. The number of nitrogens with one attached hydrogen (secondary N) is 1. The zero-order valence-corrected chi connectivity index (χ0v) is 13.2. The predicted octanol–water partition coefficient (Wildman–Crippen LogP) is 2.71. The summed E-state index contributed by atoms with van der Waals surface area (Å²) in [5.41, 5.74) is 0. The van der Waals surface area contributed by atoms with Crippen molar-refractivity contribution >= 4 is 17.5 Å². The highest BCUT2D eigenvalue weighted by Crippen LogP contribution is 2.16. The van der Waals surface area contributed by atoms with Gasteiger partial charge in [-0.2, -0.15) is 0 Å². The average Bonchev–Trinajstić information content (AvgIpc) is 2.51. The third kappa shape index (κ3) is 5.56. The summed E-state index contributed by atoms with van der Waals surface area (Å²) in [5, 5.41) is 3.79. The first kappa shape index (κ1) is 16.1. The topological polar surface area (TPSA) is 41.6 Å². The maximum atomic E-state index is 11.4. The van der Waals surface area contributed by atoms with E-state index in [1.165, 1.54) is 0 Å². The van der Waals surface area contributed by atoms with Gasteiger partial charge in [-0.15, -0.1) is 0 Å². The molecule has 4 nitrogen and oxygen atoms in total. The van der Waals surface area contributed by atoms with E-state index in [9.17, 15) is 4.79 Å². The van der Waals surface area contributed by atoms with Gasteiger partial charge in [0.05, 0.1) is 0 Å². The van der Waals surface area contributed by atoms with Crippen LogP contribution in [0.4, 0.5) is 0 Å². The molecular formula is C16H23ClN2O2. The number of piperidine rings is 1. The Morgan fingerprint density at radius 3 is 2.62 bits per heavy atom. The second-order valence-electron chi connectivity index (χ2n) is 5.34. The minimum Gasteiger partial charge on any atom is -0.492 e. The molecule has 0 saturated carbocycles. The Morgan fingerprint density at radius 1 is 1.33 bits per heavy atom. The molecule has 0 aromatic heterocycles. The molecule has 0 atom stereocenters. The Morgan fingerprint density at radius 2 is 2.00 bits per heavy atom. The first-order valence-corrected chi connectivity index (χ1v) is 7.95. The molecule has 0 spiro atoms. The first-order chi connectivity index (χ1) is 10.2. The third-order valence-electron chi connectivity index (χ3n) is 3.76. The Kier molecular flexibility index (Phi) is 6.33. The lowest BCUT2D eigenvalue weighted by Gasteiger charge is -2.32. The Bertz CT molecular complexity index is 442. The molecule has 21 heavy (non-hydrogen) atoms. The summed E-state index contributed by atoms with van der Waals surface area (Å²) in [4.78, 5) is 13.7. The van der Waals surface area contributed by atoms with Crippen molar-refractivity contribution in [3.05, 3.63) is 29.3 Å². The predicted molar refractivity (Wildman–Crippen MR) is 84.8 cm³/mol. The van der Waals surface area contributed by atoms with Crippen molar-refractivity contribution in [2.45, 2.75) is 32.2 Å². The van der Waals surface area contributed by atoms with Gasteiger partial charge >= 0.3 is 0 Å². The molecule has 0 aliphatic carbocycles. The Balaban J connectivity index is 1.62. The van der Waals surface area contributed by atoms with Crippen molar-refractivity contribution in [2.75, 3.05) is 26.2 Å². The molecule has 0 radical (unpaired) electrons. The van der Waals surface area contributed by atoms with E-state index in [1.54, 1.807) is 0 Å². The van der Waals surface area contributed by atoms with Crippen molar-refractivity contribution in [3.8, 4) is 5.75 Å². The van der Waals surface area contributed by atoms with Crippen molar-refractivity contribution < 1.29 is 9.53 Å². The molecular weight excluding hydrogens is 288 g/mol. The van der Waals surface area contributed by atoms with Crippen LogP contribution in [0.25, 0.3) is 0 Å². The van der Waals surface area contributed by atoms with Crippen LogP contribution >= 0.6 is 11.6 Å². The average molecular weight is 311 g/mol. The molecule has 1 aliphatic heterocycles. The highest BCUT2D eigenvalue weighted by Gasteiger charge is 2.19. The number of carbonyl (C=O) groups is 1. The van der Waals surface area contributed by atoms with Gasteiger partial charge in [0.25, 0.3) is 0 Å². The zero-order valence-electron chi connectivity index (χ0n) is 12.5. The molecule has 1 N–H and O–H groups in total. The smallest absolute Gasteiger partial charge is 0.219 e. The van der Waals surface area contributed by atoms with Gasteiger partial charge in [-0.1, -0.05) is 18.5 Å². The van der Waals surface area contributed by atoms with E-state index in [0.717, 1.165) is 43.2 Å². The fourth-order valence-corrected chi connectivity index (χ4v) is 2.58. The van der Waals surface area contributed by atoms with Crippen molar-refractivity contribution in [2.24, 2.45) is 0 Å². The molecule has 2 rings (SSSR count). The lowest BCUT2D eigenvalue weighted by atomic mass is 10.1. The number of likely N-dealkylation sites (tertiary alicyclic amines) is 1. The van der Waals surface area contributed by atoms with E-state index < -0.39 is 0 Å². The second-order valence-corrected chi connectivity index (χ2v) is 5.78. The number of nitrogens with zero attached hydrogens (tertiary/aromatic N) is 1. The number of hydrogen-bond acceptors (Lipinski definition) is 3.